The molecule has 38 heavy (non-hydrogen) atoms. The molecule has 5 nitrogen and oxygen atoms in total. The summed E-state index contributed by atoms with van der Waals surface area (Å²) in [4.78, 5) is 13.9. The van der Waals surface area contributed by atoms with Crippen molar-refractivity contribution in [2.45, 2.75) is 0 Å². The summed E-state index contributed by atoms with van der Waals surface area (Å²) in [5.74, 6) is 1.49. The Hall–Kier alpha value is -5.29. The lowest BCUT2D eigenvalue weighted by Gasteiger charge is -2.11. The average Bonchev–Trinajstić information content (AvgIpc) is 3.58. The molecule has 4 heterocycles. The van der Waals surface area contributed by atoms with Crippen molar-refractivity contribution in [3.8, 4) is 22.9 Å². The van der Waals surface area contributed by atoms with Crippen LogP contribution in [0.4, 0.5) is 0 Å². The van der Waals surface area contributed by atoms with Gasteiger partial charge in [0.1, 0.15) is 5.82 Å². The molecule has 0 unspecified atom stereocenters. The van der Waals surface area contributed by atoms with E-state index in [0.717, 1.165) is 28.1 Å². The van der Waals surface area contributed by atoms with Crippen molar-refractivity contribution in [3.63, 3.8) is 0 Å². The normalized spacial score (nSPS) is 11.7. The average molecular weight is 488 g/mol. The van der Waals surface area contributed by atoms with Crippen molar-refractivity contribution in [1.29, 1.82) is 0 Å². The molecule has 0 spiro atoms. The van der Waals surface area contributed by atoms with Gasteiger partial charge in [0.15, 0.2) is 5.82 Å². The van der Waals surface area contributed by atoms with Crippen molar-refractivity contribution in [2.75, 3.05) is 0 Å². The monoisotopic (exact) mass is 487 g/mol. The molecule has 0 aliphatic rings. The zero-order chi connectivity index (χ0) is 25.1. The second kappa shape index (κ2) is 8.11. The van der Waals surface area contributed by atoms with Crippen LogP contribution in [0.1, 0.15) is 0 Å². The van der Waals surface area contributed by atoms with E-state index >= 15 is 0 Å². The topological polar surface area (TPSA) is 48.5 Å². The molecule has 0 radical (unpaired) electrons. The molecule has 0 saturated heterocycles. The van der Waals surface area contributed by atoms with E-state index in [1.807, 2.05) is 30.5 Å². The molecule has 8 rings (SSSR count). The Morgan fingerprint density at radius 1 is 0.605 bits per heavy atom. The van der Waals surface area contributed by atoms with Gasteiger partial charge in [-0.3, -0.25) is 9.55 Å². The zero-order valence-corrected chi connectivity index (χ0v) is 20.4. The molecule has 0 amide bonds. The number of pyridine rings is 1. The van der Waals surface area contributed by atoms with Gasteiger partial charge in [0.05, 0.1) is 16.6 Å². The fraction of sp³-hybridized carbons (Fsp3) is 0. The lowest BCUT2D eigenvalue weighted by Crippen LogP contribution is -2.00. The molecule has 0 atom stereocenters. The lowest BCUT2D eigenvalue weighted by molar-refractivity contribution is 1.04. The minimum atomic E-state index is 0.655. The Balaban J connectivity index is 1.50. The Kier molecular flexibility index (Phi) is 4.45. The number of fused-ring (bicyclic) bond motifs is 7. The van der Waals surface area contributed by atoms with Crippen LogP contribution in [-0.2, 0) is 0 Å². The molecule has 5 heteroatoms. The van der Waals surface area contributed by atoms with Gasteiger partial charge in [-0.15, -0.1) is 0 Å². The van der Waals surface area contributed by atoms with Crippen molar-refractivity contribution in [1.82, 2.24) is 24.1 Å². The van der Waals surface area contributed by atoms with Crippen LogP contribution in [0.5, 0.6) is 0 Å². The number of para-hydroxylation sites is 2. The SMILES string of the molecule is c1ccc(-n2ccc3c4c(ccc5c6ccccc6n(-c6ccnc(-c7cccnc7)n6)c54)ccc32)cc1. The molecule has 0 saturated carbocycles. The third kappa shape index (κ3) is 3.02. The number of hydrogen-bond donors (Lipinski definition) is 0. The van der Waals surface area contributed by atoms with E-state index in [0.29, 0.717) is 5.82 Å². The molecule has 0 aliphatic carbocycles. The summed E-state index contributed by atoms with van der Waals surface area (Å²) in [6.45, 7) is 0. The van der Waals surface area contributed by atoms with Crippen LogP contribution >= 0.6 is 0 Å². The summed E-state index contributed by atoms with van der Waals surface area (Å²) in [6, 6.07) is 36.1. The Morgan fingerprint density at radius 3 is 2.37 bits per heavy atom. The smallest absolute Gasteiger partial charge is 0.163 e. The van der Waals surface area contributed by atoms with E-state index in [1.165, 1.54) is 32.4 Å². The van der Waals surface area contributed by atoms with Crippen molar-refractivity contribution in [2.24, 2.45) is 0 Å². The van der Waals surface area contributed by atoms with Gasteiger partial charge in [0.2, 0.25) is 0 Å². The van der Waals surface area contributed by atoms with Crippen molar-refractivity contribution >= 4 is 43.5 Å². The highest BCUT2D eigenvalue weighted by Gasteiger charge is 2.18. The second-order valence-corrected chi connectivity index (χ2v) is 9.41. The number of hydrogen-bond acceptors (Lipinski definition) is 3. The molecule has 4 aromatic carbocycles. The Labute approximate surface area is 218 Å². The summed E-state index contributed by atoms with van der Waals surface area (Å²) in [5.41, 5.74) is 5.47. The first-order valence-corrected chi connectivity index (χ1v) is 12.6. The maximum atomic E-state index is 5.03. The van der Waals surface area contributed by atoms with Gasteiger partial charge in [0, 0.05) is 57.6 Å². The highest BCUT2D eigenvalue weighted by molar-refractivity contribution is 6.25. The molecular formula is C33H21N5. The molecule has 8 aromatic rings. The molecule has 0 N–H and O–H groups in total. The zero-order valence-electron chi connectivity index (χ0n) is 20.4. The van der Waals surface area contributed by atoms with Crippen LogP contribution in [0.15, 0.2) is 128 Å². The van der Waals surface area contributed by atoms with Crippen LogP contribution in [0, 0.1) is 0 Å². The van der Waals surface area contributed by atoms with Crippen LogP contribution < -0.4 is 0 Å². The predicted octanol–water partition coefficient (Wildman–Crippen LogP) is 7.73. The Morgan fingerprint density at radius 2 is 1.47 bits per heavy atom. The van der Waals surface area contributed by atoms with Gasteiger partial charge >= 0.3 is 0 Å². The lowest BCUT2D eigenvalue weighted by atomic mass is 10.0. The second-order valence-electron chi connectivity index (χ2n) is 9.41. The third-order valence-electron chi connectivity index (χ3n) is 7.31. The van der Waals surface area contributed by atoms with Gasteiger partial charge in [-0.1, -0.05) is 54.6 Å². The van der Waals surface area contributed by atoms with Crippen LogP contribution in [-0.4, -0.2) is 24.1 Å². The minimum Gasteiger partial charge on any atom is -0.317 e. The number of rotatable bonds is 3. The van der Waals surface area contributed by atoms with Gasteiger partial charge in [-0.05, 0) is 53.9 Å². The first-order valence-electron chi connectivity index (χ1n) is 12.6. The number of benzene rings is 4. The third-order valence-corrected chi connectivity index (χ3v) is 7.31. The van der Waals surface area contributed by atoms with Crippen molar-refractivity contribution in [3.05, 3.63) is 128 Å². The first-order chi connectivity index (χ1) is 18.9. The number of aromatic nitrogens is 5. The molecular weight excluding hydrogens is 466 g/mol. The van der Waals surface area contributed by atoms with E-state index in [2.05, 4.69) is 104 Å². The fourth-order valence-corrected chi connectivity index (χ4v) is 5.65. The van der Waals surface area contributed by atoms with Crippen LogP contribution in [0.3, 0.4) is 0 Å². The molecule has 0 bridgehead atoms. The van der Waals surface area contributed by atoms with Gasteiger partial charge in [0.25, 0.3) is 0 Å². The van der Waals surface area contributed by atoms with E-state index < -0.39 is 0 Å². The Bertz CT molecular complexity index is 2120. The van der Waals surface area contributed by atoms with Gasteiger partial charge < -0.3 is 4.57 Å². The minimum absolute atomic E-state index is 0.655. The quantitative estimate of drug-likeness (QED) is 0.256. The summed E-state index contributed by atoms with van der Waals surface area (Å²) in [6.07, 6.45) is 7.56. The molecule has 4 aromatic heterocycles. The van der Waals surface area contributed by atoms with Crippen LogP contribution in [0.25, 0.3) is 66.4 Å². The van der Waals surface area contributed by atoms with Gasteiger partial charge in [-0.25, -0.2) is 9.97 Å². The van der Waals surface area contributed by atoms with E-state index in [-0.39, 0.29) is 0 Å². The molecule has 178 valence electrons. The largest absolute Gasteiger partial charge is 0.317 e. The molecule has 0 aliphatic heterocycles. The summed E-state index contributed by atoms with van der Waals surface area (Å²) in [5, 5.41) is 6.02. The van der Waals surface area contributed by atoms with E-state index in [9.17, 15) is 0 Å². The predicted molar refractivity (Wildman–Crippen MR) is 154 cm³/mol. The molecule has 0 fully saturated rings. The first kappa shape index (κ1) is 20.9. The highest BCUT2D eigenvalue weighted by atomic mass is 15.1. The maximum absolute atomic E-state index is 5.03. The maximum Gasteiger partial charge on any atom is 0.163 e. The van der Waals surface area contributed by atoms with Crippen molar-refractivity contribution < 1.29 is 0 Å². The van der Waals surface area contributed by atoms with E-state index in [1.54, 1.807) is 12.4 Å². The summed E-state index contributed by atoms with van der Waals surface area (Å²) < 4.78 is 4.54. The number of nitrogens with zero attached hydrogens (tertiary/aromatic N) is 5. The highest BCUT2D eigenvalue weighted by Crippen LogP contribution is 2.39. The van der Waals surface area contributed by atoms with Crippen LogP contribution in [0.2, 0.25) is 0 Å². The van der Waals surface area contributed by atoms with E-state index in [4.69, 9.17) is 4.98 Å². The van der Waals surface area contributed by atoms with Gasteiger partial charge in [-0.2, -0.15) is 0 Å². The summed E-state index contributed by atoms with van der Waals surface area (Å²) >= 11 is 0. The standard InChI is InChI=1S/C33H21N5/c1-2-8-24(9-3-1)37-20-17-27-28(37)15-13-22-12-14-26-25-10-4-5-11-29(25)38(32(26)31(22)27)30-16-19-35-33(36-30)23-7-6-18-34-21-23/h1-21H. The fourth-order valence-electron chi connectivity index (χ4n) is 5.65. The summed E-state index contributed by atoms with van der Waals surface area (Å²) in [7, 11) is 0.